The average molecular weight is 562 g/mol. The van der Waals surface area contributed by atoms with Crippen molar-refractivity contribution in [3.63, 3.8) is 0 Å². The molecule has 2 aromatic rings. The first-order valence-electron chi connectivity index (χ1n) is 8.23. The Labute approximate surface area is 181 Å². The Kier molecular flexibility index (Phi) is 7.07. The van der Waals surface area contributed by atoms with Gasteiger partial charge in [-0.25, -0.2) is 0 Å². The Morgan fingerprint density at radius 1 is 0.600 bits per heavy atom. The van der Waals surface area contributed by atoms with Gasteiger partial charge in [0.15, 0.2) is 24.8 Å². The Bertz CT molecular complexity index is 676. The third-order valence-corrected chi connectivity index (χ3v) is 5.24. The molecule has 0 aliphatic heterocycles. The van der Waals surface area contributed by atoms with Gasteiger partial charge in [0.1, 0.15) is 0 Å². The van der Waals surface area contributed by atoms with Crippen LogP contribution in [0.3, 0.4) is 0 Å². The van der Waals surface area contributed by atoms with Crippen LogP contribution in [-0.4, -0.2) is 11.6 Å². The molecule has 2 bridgehead atoms. The minimum absolute atomic E-state index is 0. The molecular weight excluding hydrogens is 542 g/mol. The lowest BCUT2D eigenvalue weighted by Gasteiger charge is -2.35. The SMILES string of the molecule is O=C1C([n+]2ccccc2)C[C@H]2C[C@H]1CC([n+]1ccccc1)C2=O.[I-].[I-]. The van der Waals surface area contributed by atoms with Crippen LogP contribution in [-0.2, 0) is 9.59 Å². The van der Waals surface area contributed by atoms with Crippen LogP contribution in [0, 0.1) is 11.8 Å². The highest BCUT2D eigenvalue weighted by Gasteiger charge is 2.52. The number of ketones is 2. The van der Waals surface area contributed by atoms with Crippen molar-refractivity contribution in [3.8, 4) is 0 Å². The number of pyridine rings is 2. The number of halogens is 2. The van der Waals surface area contributed by atoms with E-state index in [1.807, 2.05) is 70.3 Å². The van der Waals surface area contributed by atoms with E-state index < -0.39 is 0 Å². The summed E-state index contributed by atoms with van der Waals surface area (Å²) in [5.74, 6) is 0.543. The predicted octanol–water partition coefficient (Wildman–Crippen LogP) is -4.38. The first-order chi connectivity index (χ1) is 11.2. The highest BCUT2D eigenvalue weighted by molar-refractivity contribution is 5.92. The van der Waals surface area contributed by atoms with E-state index in [0.717, 1.165) is 6.42 Å². The number of rotatable bonds is 2. The fraction of sp³-hybridized carbons (Fsp3) is 0.368. The number of Topliss-reactive ketones (excluding diaryl/α,β-unsaturated/α-hetero) is 2. The van der Waals surface area contributed by atoms with E-state index in [1.54, 1.807) is 0 Å². The fourth-order valence-corrected chi connectivity index (χ4v) is 4.09. The molecule has 0 N–H and O–H groups in total. The number of nitrogens with zero attached hydrogens (tertiary/aromatic N) is 2. The molecule has 0 aromatic carbocycles. The van der Waals surface area contributed by atoms with Crippen molar-refractivity contribution >= 4 is 11.6 Å². The standard InChI is InChI=1S/C19H20N2O2.2HI/c22-18-15-11-14(12-16(18)20-7-3-1-4-8-20)19(23)17(13-15)21-9-5-2-6-10-21;;/h1-10,14-17H,11-13H2;2*1H/q+2;;/p-2/t14-,15+,16?,17?;;. The third kappa shape index (κ3) is 3.94. The number of carbonyl (C=O) groups is 2. The van der Waals surface area contributed by atoms with Gasteiger partial charge in [0.2, 0.25) is 23.7 Å². The second-order valence-electron chi connectivity index (χ2n) is 6.58. The molecule has 2 fully saturated rings. The van der Waals surface area contributed by atoms with E-state index in [-0.39, 0.29) is 83.4 Å². The van der Waals surface area contributed by atoms with Crippen LogP contribution in [0.1, 0.15) is 31.3 Å². The molecule has 2 saturated carbocycles. The minimum atomic E-state index is -0.189. The smallest absolute Gasteiger partial charge is 0.217 e. The molecule has 25 heavy (non-hydrogen) atoms. The number of fused-ring (bicyclic) bond motifs is 2. The second kappa shape index (κ2) is 8.66. The van der Waals surface area contributed by atoms with Gasteiger partial charge >= 0.3 is 0 Å². The van der Waals surface area contributed by atoms with Crippen LogP contribution >= 0.6 is 0 Å². The molecule has 4 rings (SSSR count). The van der Waals surface area contributed by atoms with Crippen molar-refractivity contribution < 1.29 is 66.7 Å². The summed E-state index contributed by atoms with van der Waals surface area (Å²) < 4.78 is 3.93. The lowest BCUT2D eigenvalue weighted by atomic mass is 9.67. The topological polar surface area (TPSA) is 41.9 Å². The molecule has 0 spiro atoms. The maximum Gasteiger partial charge on any atom is 0.217 e. The molecule has 2 unspecified atom stereocenters. The molecule has 2 heterocycles. The summed E-state index contributed by atoms with van der Waals surface area (Å²) in [6.45, 7) is 0. The lowest BCUT2D eigenvalue weighted by molar-refractivity contribution is -0.718. The molecule has 0 amide bonds. The second-order valence-corrected chi connectivity index (χ2v) is 6.58. The normalized spacial score (nSPS) is 27.8. The number of carbonyl (C=O) groups excluding carboxylic acids is 2. The molecule has 0 radical (unpaired) electrons. The molecule has 6 heteroatoms. The fourth-order valence-electron chi connectivity index (χ4n) is 4.09. The van der Waals surface area contributed by atoms with E-state index in [9.17, 15) is 9.59 Å². The average Bonchev–Trinajstić information content (AvgIpc) is 2.61. The Hall–Kier alpha value is -0.900. The van der Waals surface area contributed by atoms with Gasteiger partial charge in [0.05, 0.1) is 0 Å². The van der Waals surface area contributed by atoms with Crippen molar-refractivity contribution in [3.05, 3.63) is 61.2 Å². The summed E-state index contributed by atoms with van der Waals surface area (Å²) >= 11 is 0. The van der Waals surface area contributed by atoms with Gasteiger partial charge in [-0.15, -0.1) is 0 Å². The van der Waals surface area contributed by atoms with E-state index in [2.05, 4.69) is 0 Å². The quantitative estimate of drug-likeness (QED) is 0.275. The molecule has 4 nitrogen and oxygen atoms in total. The van der Waals surface area contributed by atoms with Crippen LogP contribution in [0.25, 0.3) is 0 Å². The largest absolute Gasteiger partial charge is 1.00 e. The van der Waals surface area contributed by atoms with Gasteiger partial charge in [-0.05, 0) is 6.42 Å². The van der Waals surface area contributed by atoms with Crippen molar-refractivity contribution in [2.24, 2.45) is 11.8 Å². The summed E-state index contributed by atoms with van der Waals surface area (Å²) in [7, 11) is 0. The van der Waals surface area contributed by atoms with Crippen molar-refractivity contribution in [1.82, 2.24) is 0 Å². The molecule has 132 valence electrons. The van der Waals surface area contributed by atoms with Gasteiger partial charge < -0.3 is 48.0 Å². The molecule has 4 atom stereocenters. The number of hydrogen-bond donors (Lipinski definition) is 0. The highest BCUT2D eigenvalue weighted by atomic mass is 127. The summed E-state index contributed by atoms with van der Waals surface area (Å²) in [6.07, 6.45) is 9.70. The van der Waals surface area contributed by atoms with E-state index in [1.165, 1.54) is 0 Å². The minimum Gasteiger partial charge on any atom is -1.00 e. The zero-order valence-electron chi connectivity index (χ0n) is 13.7. The van der Waals surface area contributed by atoms with E-state index >= 15 is 0 Å². The molecule has 2 aliphatic rings. The Morgan fingerprint density at radius 2 is 0.960 bits per heavy atom. The molecule has 0 saturated heterocycles. The van der Waals surface area contributed by atoms with Gasteiger partial charge in [0, 0.05) is 48.9 Å². The van der Waals surface area contributed by atoms with Crippen LogP contribution in [0.2, 0.25) is 0 Å². The maximum atomic E-state index is 12.9. The summed E-state index contributed by atoms with van der Waals surface area (Å²) in [6, 6.07) is 11.2. The number of aromatic nitrogens is 2. The summed E-state index contributed by atoms with van der Waals surface area (Å²) in [4.78, 5) is 25.8. The Morgan fingerprint density at radius 3 is 1.32 bits per heavy atom. The molecule has 2 aromatic heterocycles. The lowest BCUT2D eigenvalue weighted by Crippen LogP contribution is -3.00. The first kappa shape index (κ1) is 20.4. The van der Waals surface area contributed by atoms with E-state index in [4.69, 9.17) is 0 Å². The zero-order valence-corrected chi connectivity index (χ0v) is 18.0. The van der Waals surface area contributed by atoms with Gasteiger partial charge in [-0.3, -0.25) is 9.59 Å². The number of hydrogen-bond acceptors (Lipinski definition) is 2. The van der Waals surface area contributed by atoms with Crippen molar-refractivity contribution in [1.29, 1.82) is 0 Å². The Balaban J connectivity index is 0.00000113. The van der Waals surface area contributed by atoms with E-state index in [0.29, 0.717) is 12.8 Å². The van der Waals surface area contributed by atoms with Crippen LogP contribution in [0.4, 0.5) is 0 Å². The summed E-state index contributed by atoms with van der Waals surface area (Å²) in [5.41, 5.74) is 0. The highest BCUT2D eigenvalue weighted by Crippen LogP contribution is 2.41. The van der Waals surface area contributed by atoms with Gasteiger partial charge in [0.25, 0.3) is 0 Å². The predicted molar refractivity (Wildman–Crippen MR) is 82.2 cm³/mol. The van der Waals surface area contributed by atoms with Crippen LogP contribution < -0.4 is 57.1 Å². The molecule has 2 aliphatic carbocycles. The van der Waals surface area contributed by atoms with Crippen molar-refractivity contribution in [2.45, 2.75) is 31.3 Å². The third-order valence-electron chi connectivity index (χ3n) is 5.24. The van der Waals surface area contributed by atoms with Crippen LogP contribution in [0.5, 0.6) is 0 Å². The van der Waals surface area contributed by atoms with Gasteiger partial charge in [-0.2, -0.15) is 9.13 Å². The first-order valence-corrected chi connectivity index (χ1v) is 8.23. The molecular formula is C19H20I2N2O2. The monoisotopic (exact) mass is 562 g/mol. The van der Waals surface area contributed by atoms with Gasteiger partial charge in [-0.1, -0.05) is 12.1 Å². The summed E-state index contributed by atoms with van der Waals surface area (Å²) in [5, 5.41) is 0. The van der Waals surface area contributed by atoms with Crippen LogP contribution in [0.15, 0.2) is 61.2 Å². The van der Waals surface area contributed by atoms with Crippen molar-refractivity contribution in [2.75, 3.05) is 0 Å². The maximum absolute atomic E-state index is 12.9. The zero-order chi connectivity index (χ0) is 15.8.